The Hall–Kier alpha value is -3.39. The van der Waals surface area contributed by atoms with Crippen molar-refractivity contribution in [3.8, 4) is 28.7 Å². The molecular weight excluding hydrogens is 460 g/mol. The lowest BCUT2D eigenvalue weighted by molar-refractivity contribution is -0.116. The minimum Gasteiger partial charge on any atom is -0.487 e. The first-order chi connectivity index (χ1) is 17.1. The number of carbonyl (C=O) groups is 1. The van der Waals surface area contributed by atoms with Gasteiger partial charge in [0, 0.05) is 45.7 Å². The number of carbonyl (C=O) groups excluding carboxylic acids is 1. The van der Waals surface area contributed by atoms with Crippen molar-refractivity contribution < 1.29 is 28.5 Å². The van der Waals surface area contributed by atoms with Gasteiger partial charge in [-0.15, -0.1) is 0 Å². The van der Waals surface area contributed by atoms with Crippen LogP contribution in [0.5, 0.6) is 28.7 Å². The molecule has 0 spiro atoms. The van der Waals surface area contributed by atoms with Crippen molar-refractivity contribution in [2.75, 3.05) is 19.7 Å². The molecule has 36 heavy (non-hydrogen) atoms. The second-order valence-corrected chi connectivity index (χ2v) is 10.8. The summed E-state index contributed by atoms with van der Waals surface area (Å²) in [6.07, 6.45) is 2.85. The number of rotatable bonds is 6. The zero-order valence-corrected chi connectivity index (χ0v) is 21.2. The lowest BCUT2D eigenvalue weighted by Crippen LogP contribution is -2.56. The van der Waals surface area contributed by atoms with Gasteiger partial charge in [0.05, 0.1) is 5.54 Å². The van der Waals surface area contributed by atoms with E-state index in [2.05, 4.69) is 35.4 Å². The predicted octanol–water partition coefficient (Wildman–Crippen LogP) is 3.80. The number of hydrogen-bond donors (Lipinski definition) is 2. The lowest BCUT2D eigenvalue weighted by Gasteiger charge is -2.41. The first-order valence-electron chi connectivity index (χ1n) is 12.5. The van der Waals surface area contributed by atoms with Gasteiger partial charge in [-0.3, -0.25) is 4.79 Å². The first kappa shape index (κ1) is 23.0. The summed E-state index contributed by atoms with van der Waals surface area (Å²) in [4.78, 5) is 11.5. The fourth-order valence-electron chi connectivity index (χ4n) is 5.86. The van der Waals surface area contributed by atoms with E-state index in [9.17, 15) is 4.79 Å². The van der Waals surface area contributed by atoms with Crippen LogP contribution in [-0.4, -0.2) is 42.7 Å². The van der Waals surface area contributed by atoms with Crippen molar-refractivity contribution in [2.45, 2.75) is 63.6 Å². The maximum atomic E-state index is 11.5. The molecule has 2 atom stereocenters. The molecule has 2 N–H and O–H groups in total. The molecule has 1 amide bonds. The van der Waals surface area contributed by atoms with Crippen molar-refractivity contribution in [1.82, 2.24) is 10.6 Å². The number of amides is 1. The topological polar surface area (TPSA) is 87.3 Å². The summed E-state index contributed by atoms with van der Waals surface area (Å²) in [5.74, 6) is 2.06. The highest BCUT2D eigenvalue weighted by Crippen LogP contribution is 2.58. The SMILES string of the molecule is C=CC(=O)NCCCNC12COc3c(ccc4c3OC(C)(C)O4)C1c1cc3c(cc1C2)OC(C)(C)O3. The Labute approximate surface area is 210 Å². The van der Waals surface area contributed by atoms with E-state index in [0.29, 0.717) is 24.7 Å². The molecule has 1 aliphatic carbocycles. The summed E-state index contributed by atoms with van der Waals surface area (Å²) in [6.45, 7) is 12.9. The average molecular weight is 493 g/mol. The van der Waals surface area contributed by atoms with Crippen LogP contribution >= 0.6 is 0 Å². The van der Waals surface area contributed by atoms with Gasteiger partial charge < -0.3 is 34.3 Å². The zero-order chi connectivity index (χ0) is 25.3. The molecule has 0 fully saturated rings. The maximum absolute atomic E-state index is 11.5. The van der Waals surface area contributed by atoms with Gasteiger partial charge in [0.15, 0.2) is 23.0 Å². The summed E-state index contributed by atoms with van der Waals surface area (Å²) < 4.78 is 30.7. The Bertz CT molecular complexity index is 1270. The number of ether oxygens (including phenoxy) is 5. The van der Waals surface area contributed by atoms with E-state index in [1.54, 1.807) is 0 Å². The Kier molecular flexibility index (Phi) is 4.99. The van der Waals surface area contributed by atoms with Gasteiger partial charge in [-0.2, -0.15) is 0 Å². The third-order valence-electron chi connectivity index (χ3n) is 7.20. The molecule has 3 aliphatic heterocycles. The van der Waals surface area contributed by atoms with Crippen LogP contribution in [0.3, 0.4) is 0 Å². The smallest absolute Gasteiger partial charge is 0.246 e. The van der Waals surface area contributed by atoms with Gasteiger partial charge >= 0.3 is 0 Å². The van der Waals surface area contributed by atoms with Gasteiger partial charge in [0.2, 0.25) is 23.2 Å². The van der Waals surface area contributed by atoms with Gasteiger partial charge in [0.25, 0.3) is 0 Å². The van der Waals surface area contributed by atoms with Crippen molar-refractivity contribution >= 4 is 5.91 Å². The van der Waals surface area contributed by atoms with Crippen LogP contribution in [0.15, 0.2) is 36.9 Å². The minimum absolute atomic E-state index is 0.0224. The summed E-state index contributed by atoms with van der Waals surface area (Å²) in [5, 5.41) is 6.64. The van der Waals surface area contributed by atoms with E-state index in [4.69, 9.17) is 23.7 Å². The molecule has 0 radical (unpaired) electrons. The third kappa shape index (κ3) is 3.66. The van der Waals surface area contributed by atoms with Crippen molar-refractivity contribution in [2.24, 2.45) is 0 Å². The number of hydrogen-bond acceptors (Lipinski definition) is 7. The van der Waals surface area contributed by atoms with Crippen LogP contribution in [-0.2, 0) is 11.2 Å². The van der Waals surface area contributed by atoms with Gasteiger partial charge in [0.1, 0.15) is 6.61 Å². The maximum Gasteiger partial charge on any atom is 0.246 e. The number of fused-ring (bicyclic) bond motifs is 8. The molecule has 8 nitrogen and oxygen atoms in total. The van der Waals surface area contributed by atoms with E-state index in [1.807, 2.05) is 33.8 Å². The molecule has 3 heterocycles. The molecule has 190 valence electrons. The Morgan fingerprint density at radius 1 is 0.972 bits per heavy atom. The number of nitrogens with one attached hydrogen (secondary N) is 2. The predicted molar refractivity (Wildman–Crippen MR) is 133 cm³/mol. The highest BCUT2D eigenvalue weighted by Gasteiger charge is 2.53. The van der Waals surface area contributed by atoms with Crippen LogP contribution in [0, 0.1) is 0 Å². The van der Waals surface area contributed by atoms with Crippen LogP contribution in [0.4, 0.5) is 0 Å². The Morgan fingerprint density at radius 2 is 1.69 bits per heavy atom. The zero-order valence-electron chi connectivity index (χ0n) is 21.2. The van der Waals surface area contributed by atoms with Crippen molar-refractivity contribution in [3.63, 3.8) is 0 Å². The molecule has 4 aliphatic rings. The monoisotopic (exact) mass is 492 g/mol. The molecule has 2 aromatic carbocycles. The van der Waals surface area contributed by atoms with E-state index in [0.717, 1.165) is 42.2 Å². The Morgan fingerprint density at radius 3 is 2.47 bits per heavy atom. The van der Waals surface area contributed by atoms with Crippen LogP contribution in [0.25, 0.3) is 0 Å². The van der Waals surface area contributed by atoms with Crippen molar-refractivity contribution in [1.29, 1.82) is 0 Å². The first-order valence-corrected chi connectivity index (χ1v) is 12.5. The molecule has 6 rings (SSSR count). The minimum atomic E-state index is -0.741. The van der Waals surface area contributed by atoms with Gasteiger partial charge in [-0.05, 0) is 54.8 Å². The van der Waals surface area contributed by atoms with Crippen LogP contribution in [0.2, 0.25) is 0 Å². The molecule has 2 aromatic rings. The fraction of sp³-hybridized carbons (Fsp3) is 0.464. The molecule has 0 aromatic heterocycles. The van der Waals surface area contributed by atoms with Crippen LogP contribution < -0.4 is 34.3 Å². The molecule has 8 heteroatoms. The number of benzene rings is 2. The lowest BCUT2D eigenvalue weighted by atomic mass is 9.77. The van der Waals surface area contributed by atoms with Crippen molar-refractivity contribution in [3.05, 3.63) is 53.6 Å². The summed E-state index contributed by atoms with van der Waals surface area (Å²) in [6, 6.07) is 8.30. The molecule has 0 saturated heterocycles. The van der Waals surface area contributed by atoms with Gasteiger partial charge in [-0.1, -0.05) is 12.6 Å². The highest BCUT2D eigenvalue weighted by molar-refractivity contribution is 5.86. The summed E-state index contributed by atoms with van der Waals surface area (Å²) >= 11 is 0. The molecule has 0 saturated carbocycles. The highest BCUT2D eigenvalue weighted by atomic mass is 16.7. The normalized spacial score (nSPS) is 24.8. The van der Waals surface area contributed by atoms with Gasteiger partial charge in [-0.25, -0.2) is 0 Å². The average Bonchev–Trinajstić information content (AvgIpc) is 3.41. The largest absolute Gasteiger partial charge is 0.487 e. The van der Waals surface area contributed by atoms with E-state index >= 15 is 0 Å². The molecular formula is C28H32N2O6. The molecule has 2 unspecified atom stereocenters. The quantitative estimate of drug-likeness (QED) is 0.469. The second kappa shape index (κ2) is 7.80. The van der Waals surface area contributed by atoms with E-state index in [-0.39, 0.29) is 17.4 Å². The van der Waals surface area contributed by atoms with E-state index < -0.39 is 11.6 Å². The fourth-order valence-corrected chi connectivity index (χ4v) is 5.86. The van der Waals surface area contributed by atoms with Crippen LogP contribution in [0.1, 0.15) is 56.7 Å². The summed E-state index contributed by atoms with van der Waals surface area (Å²) in [7, 11) is 0. The van der Waals surface area contributed by atoms with E-state index in [1.165, 1.54) is 17.2 Å². The summed E-state index contributed by atoms with van der Waals surface area (Å²) in [5.41, 5.74) is 3.11. The Balaban J connectivity index is 1.36. The molecule has 0 bridgehead atoms. The standard InChI is InChI=1S/C28H32N2O6/c1-6-22(31)29-10-7-11-30-28-14-16-12-20-21(35-26(2,3)34-20)13-18(16)23(28)17-8-9-19-25(24(17)32-15-28)36-27(4,5)33-19/h6,8-9,12-13,23,30H,1,7,10-11,14-15H2,2-5H3,(H,29,31). The second-order valence-electron chi connectivity index (χ2n) is 10.8. The third-order valence-corrected chi connectivity index (χ3v) is 7.20.